The molecule has 0 saturated heterocycles. The van der Waals surface area contributed by atoms with Gasteiger partial charge < -0.3 is 25.3 Å². The Bertz CT molecular complexity index is 830. The SMILES string of the molecule is C[C@H](CCC(=O)O)[C@H]1CC[C@H]2[C@@H]3[C@H](O)C[C@@H]4C/C(=N\OCC(=O)O)CC[C@]4(C)[C@H]3C[C@H](O)[C@]12C. The van der Waals surface area contributed by atoms with Crippen molar-refractivity contribution in [3.05, 3.63) is 0 Å². The van der Waals surface area contributed by atoms with E-state index in [1.54, 1.807) is 0 Å². The number of aliphatic hydroxyl groups excluding tert-OH is 2. The highest BCUT2D eigenvalue weighted by Crippen LogP contribution is 2.68. The molecule has 4 fully saturated rings. The van der Waals surface area contributed by atoms with Gasteiger partial charge in [-0.15, -0.1) is 0 Å². The summed E-state index contributed by atoms with van der Waals surface area (Å²) in [7, 11) is 0. The van der Waals surface area contributed by atoms with Gasteiger partial charge in [0, 0.05) is 6.42 Å². The summed E-state index contributed by atoms with van der Waals surface area (Å²) in [4.78, 5) is 26.8. The maximum absolute atomic E-state index is 11.6. The molecule has 4 aliphatic carbocycles. The first kappa shape index (κ1) is 25.4. The third-order valence-electron chi connectivity index (χ3n) is 10.6. The van der Waals surface area contributed by atoms with E-state index in [2.05, 4.69) is 25.9 Å². The number of nitrogens with zero attached hydrogens (tertiary/aromatic N) is 1. The molecule has 4 N–H and O–H groups in total. The van der Waals surface area contributed by atoms with Crippen LogP contribution in [-0.4, -0.2) is 56.9 Å². The van der Waals surface area contributed by atoms with E-state index in [1.807, 2.05) is 0 Å². The second kappa shape index (κ2) is 9.41. The number of hydrogen-bond donors (Lipinski definition) is 4. The number of fused-ring (bicyclic) bond motifs is 5. The molecule has 0 aromatic rings. The van der Waals surface area contributed by atoms with Gasteiger partial charge in [-0.25, -0.2) is 4.79 Å². The van der Waals surface area contributed by atoms with Crippen LogP contribution in [0.2, 0.25) is 0 Å². The zero-order chi connectivity index (χ0) is 24.8. The molecule has 4 rings (SSSR count). The number of hydrogen-bond acceptors (Lipinski definition) is 6. The number of aliphatic hydroxyl groups is 2. The van der Waals surface area contributed by atoms with Crippen molar-refractivity contribution in [2.45, 2.75) is 90.8 Å². The summed E-state index contributed by atoms with van der Waals surface area (Å²) < 4.78 is 0. The summed E-state index contributed by atoms with van der Waals surface area (Å²) in [5.74, 6) is -0.494. The maximum Gasteiger partial charge on any atom is 0.344 e. The van der Waals surface area contributed by atoms with Crippen LogP contribution in [0.1, 0.15) is 78.6 Å². The molecule has 0 aliphatic heterocycles. The van der Waals surface area contributed by atoms with E-state index in [0.717, 1.165) is 31.4 Å². The van der Waals surface area contributed by atoms with E-state index < -0.39 is 30.8 Å². The summed E-state index contributed by atoms with van der Waals surface area (Å²) >= 11 is 0. The lowest BCUT2D eigenvalue weighted by molar-refractivity contribution is -0.196. The van der Waals surface area contributed by atoms with Gasteiger partial charge in [0.2, 0.25) is 6.61 Å². The fraction of sp³-hybridized carbons (Fsp3) is 0.885. The van der Waals surface area contributed by atoms with Crippen molar-refractivity contribution < 1.29 is 34.9 Å². The van der Waals surface area contributed by atoms with Gasteiger partial charge in [-0.3, -0.25) is 4.79 Å². The van der Waals surface area contributed by atoms with Crippen LogP contribution in [0.15, 0.2) is 5.16 Å². The minimum absolute atomic E-state index is 0.00889. The first-order chi connectivity index (χ1) is 16.0. The summed E-state index contributed by atoms with van der Waals surface area (Å²) in [6.07, 6.45) is 5.54. The minimum atomic E-state index is -1.05. The maximum atomic E-state index is 11.6. The van der Waals surface area contributed by atoms with Crippen molar-refractivity contribution in [1.82, 2.24) is 0 Å². The zero-order valence-electron chi connectivity index (χ0n) is 20.7. The summed E-state index contributed by atoms with van der Waals surface area (Å²) in [6.45, 7) is 6.19. The van der Waals surface area contributed by atoms with Crippen molar-refractivity contribution >= 4 is 17.7 Å². The minimum Gasteiger partial charge on any atom is -0.481 e. The van der Waals surface area contributed by atoms with Gasteiger partial charge in [0.1, 0.15) is 0 Å². The highest BCUT2D eigenvalue weighted by molar-refractivity contribution is 5.85. The Labute approximate surface area is 201 Å². The quantitative estimate of drug-likeness (QED) is 0.410. The van der Waals surface area contributed by atoms with Crippen molar-refractivity contribution in [2.24, 2.45) is 51.5 Å². The van der Waals surface area contributed by atoms with Crippen LogP contribution in [-0.2, 0) is 14.4 Å². The Kier molecular flexibility index (Phi) is 7.04. The Morgan fingerprint density at radius 1 is 1.12 bits per heavy atom. The van der Waals surface area contributed by atoms with E-state index in [0.29, 0.717) is 25.7 Å². The van der Waals surface area contributed by atoms with Crippen LogP contribution in [0, 0.1) is 46.3 Å². The molecule has 0 amide bonds. The van der Waals surface area contributed by atoms with Crippen LogP contribution in [0.5, 0.6) is 0 Å². The van der Waals surface area contributed by atoms with Crippen LogP contribution in [0.4, 0.5) is 0 Å². The Balaban J connectivity index is 1.53. The summed E-state index contributed by atoms with van der Waals surface area (Å²) in [5.41, 5.74) is 0.559. The van der Waals surface area contributed by atoms with Crippen molar-refractivity contribution in [3.63, 3.8) is 0 Å². The third-order valence-corrected chi connectivity index (χ3v) is 10.6. The van der Waals surface area contributed by atoms with Crippen molar-refractivity contribution in [3.8, 4) is 0 Å². The fourth-order valence-electron chi connectivity index (χ4n) is 8.77. The molecule has 0 aromatic heterocycles. The molecule has 34 heavy (non-hydrogen) atoms. The lowest BCUT2D eigenvalue weighted by Gasteiger charge is -2.63. The average Bonchev–Trinajstić information content (AvgIpc) is 3.12. The van der Waals surface area contributed by atoms with E-state index in [9.17, 15) is 19.8 Å². The molecule has 0 radical (unpaired) electrons. The van der Waals surface area contributed by atoms with Gasteiger partial charge in [-0.2, -0.15) is 0 Å². The van der Waals surface area contributed by atoms with E-state index in [-0.39, 0.29) is 52.8 Å². The molecule has 10 atom stereocenters. The number of aliphatic carboxylic acids is 2. The van der Waals surface area contributed by atoms with E-state index >= 15 is 0 Å². The standard InChI is InChI=1S/C26H41NO7/c1-14(4-7-22(30)31)17-5-6-18-24-19(12-21(29)26(17,18)3)25(2)9-8-16(27-34-13-23(32)33)10-15(25)11-20(24)28/h14-15,17-21,24,28-29H,4-13H2,1-3H3,(H,30,31)(H,32,33)/b27-16-/t14-,15+,17-,18+,19+,20-,21+,24+,25+,26-/m1/s1. The first-order valence-electron chi connectivity index (χ1n) is 13.0. The molecule has 192 valence electrons. The first-order valence-corrected chi connectivity index (χ1v) is 13.0. The lowest BCUT2D eigenvalue weighted by Crippen LogP contribution is -2.62. The summed E-state index contributed by atoms with van der Waals surface area (Å²) in [5, 5.41) is 45.0. The Morgan fingerprint density at radius 3 is 2.53 bits per heavy atom. The molecule has 0 bridgehead atoms. The topological polar surface area (TPSA) is 137 Å². The van der Waals surface area contributed by atoms with E-state index in [1.165, 1.54) is 0 Å². The second-order valence-electron chi connectivity index (χ2n) is 12.0. The molecule has 8 nitrogen and oxygen atoms in total. The van der Waals surface area contributed by atoms with Crippen molar-refractivity contribution in [2.75, 3.05) is 6.61 Å². The predicted octanol–water partition coefficient (Wildman–Crippen LogP) is 3.55. The number of carboxylic acids is 2. The van der Waals surface area contributed by atoms with Gasteiger partial charge in [0.25, 0.3) is 0 Å². The van der Waals surface area contributed by atoms with Gasteiger partial charge in [0.15, 0.2) is 0 Å². The molecule has 0 unspecified atom stereocenters. The van der Waals surface area contributed by atoms with Gasteiger partial charge >= 0.3 is 11.9 Å². The Morgan fingerprint density at radius 2 is 1.85 bits per heavy atom. The number of oxime groups is 1. The summed E-state index contributed by atoms with van der Waals surface area (Å²) in [6, 6.07) is 0. The Hall–Kier alpha value is -1.67. The number of carbonyl (C=O) groups is 2. The van der Waals surface area contributed by atoms with Crippen LogP contribution < -0.4 is 0 Å². The zero-order valence-corrected chi connectivity index (χ0v) is 20.7. The van der Waals surface area contributed by atoms with Gasteiger partial charge in [-0.1, -0.05) is 25.9 Å². The molecular formula is C26H41NO7. The number of carboxylic acid groups (broad SMARTS) is 2. The highest BCUT2D eigenvalue weighted by Gasteiger charge is 2.65. The molecular weight excluding hydrogens is 438 g/mol. The predicted molar refractivity (Wildman–Crippen MR) is 125 cm³/mol. The van der Waals surface area contributed by atoms with Gasteiger partial charge in [-0.05, 0) is 97.7 Å². The highest BCUT2D eigenvalue weighted by atomic mass is 16.6. The fourth-order valence-corrected chi connectivity index (χ4v) is 8.77. The normalized spacial score (nSPS) is 45.7. The van der Waals surface area contributed by atoms with Gasteiger partial charge in [0.05, 0.1) is 17.9 Å². The molecule has 4 aliphatic rings. The van der Waals surface area contributed by atoms with E-state index in [4.69, 9.17) is 15.1 Å². The largest absolute Gasteiger partial charge is 0.481 e. The van der Waals surface area contributed by atoms with Crippen LogP contribution in [0.25, 0.3) is 0 Å². The third kappa shape index (κ3) is 4.25. The molecule has 0 spiro atoms. The molecule has 0 heterocycles. The van der Waals surface area contributed by atoms with Crippen LogP contribution in [0.3, 0.4) is 0 Å². The molecule has 4 saturated carbocycles. The molecule has 0 aromatic carbocycles. The monoisotopic (exact) mass is 479 g/mol. The van der Waals surface area contributed by atoms with Crippen molar-refractivity contribution in [1.29, 1.82) is 0 Å². The van der Waals surface area contributed by atoms with Crippen LogP contribution >= 0.6 is 0 Å². The smallest absolute Gasteiger partial charge is 0.344 e. The molecule has 8 heteroatoms. The second-order valence-corrected chi connectivity index (χ2v) is 12.0. The number of rotatable bonds is 7. The average molecular weight is 480 g/mol. The lowest BCUT2D eigenvalue weighted by atomic mass is 9.43.